The molecule has 0 fully saturated rings. The Bertz CT molecular complexity index is 616. The van der Waals surface area contributed by atoms with E-state index in [9.17, 15) is 0 Å². The molecule has 21 heavy (non-hydrogen) atoms. The van der Waals surface area contributed by atoms with Crippen molar-refractivity contribution in [3.63, 3.8) is 0 Å². The van der Waals surface area contributed by atoms with E-state index in [1.54, 1.807) is 0 Å². The first-order valence-corrected chi connectivity index (χ1v) is 8.88. The summed E-state index contributed by atoms with van der Waals surface area (Å²) in [5.74, 6) is 0.953. The summed E-state index contributed by atoms with van der Waals surface area (Å²) >= 11 is 5.89. The summed E-state index contributed by atoms with van der Waals surface area (Å²) in [6.45, 7) is 5.73. The van der Waals surface area contributed by atoms with Gasteiger partial charge in [-0.25, -0.2) is 0 Å². The van der Waals surface area contributed by atoms with E-state index in [1.165, 1.54) is 9.13 Å². The number of benzene rings is 2. The Morgan fingerprint density at radius 1 is 1.19 bits per heavy atom. The Morgan fingerprint density at radius 3 is 2.71 bits per heavy atom. The van der Waals surface area contributed by atoms with Crippen molar-refractivity contribution in [3.05, 3.63) is 55.6 Å². The average Bonchev–Trinajstić information content (AvgIpc) is 2.47. The van der Waals surface area contributed by atoms with Crippen molar-refractivity contribution in [2.45, 2.75) is 26.8 Å². The van der Waals surface area contributed by atoms with Gasteiger partial charge >= 0.3 is 0 Å². The van der Waals surface area contributed by atoms with Gasteiger partial charge in [0.2, 0.25) is 0 Å². The van der Waals surface area contributed by atoms with Gasteiger partial charge in [-0.1, -0.05) is 28.9 Å². The van der Waals surface area contributed by atoms with Crippen LogP contribution < -0.4 is 10.1 Å². The van der Waals surface area contributed by atoms with Crippen LogP contribution in [0, 0.1) is 10.5 Å². The lowest BCUT2D eigenvalue weighted by atomic mass is 10.2. The van der Waals surface area contributed by atoms with Crippen molar-refractivity contribution in [1.82, 2.24) is 0 Å². The van der Waals surface area contributed by atoms with Crippen LogP contribution in [0.15, 0.2) is 40.9 Å². The van der Waals surface area contributed by atoms with Gasteiger partial charge in [0.25, 0.3) is 0 Å². The maximum absolute atomic E-state index is 5.81. The van der Waals surface area contributed by atoms with Gasteiger partial charge in [-0.15, -0.1) is 0 Å². The molecule has 0 aliphatic rings. The first-order chi connectivity index (χ1) is 10.1. The van der Waals surface area contributed by atoms with Crippen molar-refractivity contribution in [1.29, 1.82) is 0 Å². The predicted molar refractivity (Wildman–Crippen MR) is 101 cm³/mol. The number of nitrogens with one attached hydrogen (secondary N) is 1. The molecule has 2 aromatic rings. The van der Waals surface area contributed by atoms with Gasteiger partial charge in [-0.3, -0.25) is 0 Å². The van der Waals surface area contributed by atoms with Crippen molar-refractivity contribution in [3.8, 4) is 5.75 Å². The number of halogens is 2. The molecule has 0 saturated heterocycles. The molecule has 2 nitrogen and oxygen atoms in total. The zero-order valence-corrected chi connectivity index (χ0v) is 16.0. The third-order valence-electron chi connectivity index (χ3n) is 3.14. The van der Waals surface area contributed by atoms with Crippen LogP contribution in [-0.2, 0) is 6.54 Å². The van der Waals surface area contributed by atoms with E-state index in [0.29, 0.717) is 0 Å². The number of anilines is 1. The molecule has 0 radical (unpaired) electrons. The number of hydrogen-bond donors (Lipinski definition) is 1. The fourth-order valence-electron chi connectivity index (χ4n) is 1.94. The zero-order chi connectivity index (χ0) is 15.2. The highest BCUT2D eigenvalue weighted by atomic mass is 127. The topological polar surface area (TPSA) is 21.3 Å². The molecule has 0 bridgehead atoms. The van der Waals surface area contributed by atoms with Gasteiger partial charge in [-0.2, -0.15) is 0 Å². The lowest BCUT2D eigenvalue weighted by Gasteiger charge is -2.13. The van der Waals surface area contributed by atoms with E-state index < -0.39 is 0 Å². The second-order valence-electron chi connectivity index (χ2n) is 4.92. The van der Waals surface area contributed by atoms with Crippen molar-refractivity contribution >= 4 is 44.2 Å². The number of rotatable bonds is 6. The highest BCUT2D eigenvalue weighted by Crippen LogP contribution is 2.25. The van der Waals surface area contributed by atoms with E-state index in [2.05, 4.69) is 82.0 Å². The molecule has 2 aromatic carbocycles. The van der Waals surface area contributed by atoms with Gasteiger partial charge in [-0.05, 0) is 71.8 Å². The molecule has 112 valence electrons. The minimum atomic E-state index is 0.747. The highest BCUT2D eigenvalue weighted by Gasteiger charge is 2.05. The third kappa shape index (κ3) is 4.88. The summed E-state index contributed by atoms with van der Waals surface area (Å²) in [4.78, 5) is 0. The third-order valence-corrected chi connectivity index (χ3v) is 4.79. The van der Waals surface area contributed by atoms with Crippen LogP contribution in [0.2, 0.25) is 0 Å². The number of ether oxygens (including phenoxy) is 1. The number of aryl methyl sites for hydroxylation is 1. The van der Waals surface area contributed by atoms with Gasteiger partial charge in [0.05, 0.1) is 6.61 Å². The quantitative estimate of drug-likeness (QED) is 0.554. The van der Waals surface area contributed by atoms with E-state index in [4.69, 9.17) is 4.74 Å². The smallest absolute Gasteiger partial charge is 0.124 e. The molecule has 0 aliphatic carbocycles. The van der Waals surface area contributed by atoms with Crippen LogP contribution in [0.3, 0.4) is 0 Å². The summed E-state index contributed by atoms with van der Waals surface area (Å²) in [6, 6.07) is 12.6. The zero-order valence-electron chi connectivity index (χ0n) is 12.2. The second kappa shape index (κ2) is 8.03. The Morgan fingerprint density at radius 2 is 2.00 bits per heavy atom. The summed E-state index contributed by atoms with van der Waals surface area (Å²) in [7, 11) is 0. The lowest BCUT2D eigenvalue weighted by Crippen LogP contribution is -2.04. The van der Waals surface area contributed by atoms with Crippen molar-refractivity contribution < 1.29 is 4.74 Å². The minimum Gasteiger partial charge on any atom is -0.493 e. The highest BCUT2D eigenvalue weighted by molar-refractivity contribution is 14.1. The molecule has 0 unspecified atom stereocenters. The molecule has 0 atom stereocenters. The summed E-state index contributed by atoms with van der Waals surface area (Å²) in [5, 5.41) is 3.47. The fourth-order valence-corrected chi connectivity index (χ4v) is 2.86. The molecule has 0 saturated carbocycles. The first-order valence-electron chi connectivity index (χ1n) is 7.01. The summed E-state index contributed by atoms with van der Waals surface area (Å²) in [5.41, 5.74) is 3.59. The molecule has 1 N–H and O–H groups in total. The van der Waals surface area contributed by atoms with Crippen LogP contribution in [0.1, 0.15) is 24.5 Å². The van der Waals surface area contributed by atoms with Gasteiger partial charge in [0.1, 0.15) is 5.75 Å². The SMILES string of the molecule is CCCOc1ccc(Br)cc1CNc1ccc(C)c(I)c1. The molecule has 0 aromatic heterocycles. The maximum atomic E-state index is 5.81. The molecular formula is C17H19BrINO. The number of hydrogen-bond acceptors (Lipinski definition) is 2. The molecule has 0 amide bonds. The summed E-state index contributed by atoms with van der Waals surface area (Å²) < 4.78 is 8.15. The Labute approximate surface area is 148 Å². The van der Waals surface area contributed by atoms with Gasteiger partial charge in [0.15, 0.2) is 0 Å². The molecule has 0 heterocycles. The van der Waals surface area contributed by atoms with Crippen LogP contribution in [0.4, 0.5) is 5.69 Å². The Balaban J connectivity index is 2.10. The van der Waals surface area contributed by atoms with Crippen LogP contribution >= 0.6 is 38.5 Å². The predicted octanol–water partition coefficient (Wildman–Crippen LogP) is 5.76. The van der Waals surface area contributed by atoms with E-state index in [1.807, 2.05) is 12.1 Å². The Kier molecular flexibility index (Phi) is 6.36. The molecule has 4 heteroatoms. The van der Waals surface area contributed by atoms with E-state index in [0.717, 1.165) is 41.0 Å². The normalized spacial score (nSPS) is 10.5. The lowest BCUT2D eigenvalue weighted by molar-refractivity contribution is 0.314. The summed E-state index contributed by atoms with van der Waals surface area (Å²) in [6.07, 6.45) is 1.01. The van der Waals surface area contributed by atoms with Crippen molar-refractivity contribution in [2.75, 3.05) is 11.9 Å². The molecule has 2 rings (SSSR count). The van der Waals surface area contributed by atoms with Crippen LogP contribution in [0.25, 0.3) is 0 Å². The monoisotopic (exact) mass is 459 g/mol. The second-order valence-corrected chi connectivity index (χ2v) is 7.00. The fraction of sp³-hybridized carbons (Fsp3) is 0.294. The minimum absolute atomic E-state index is 0.747. The largest absolute Gasteiger partial charge is 0.493 e. The molecule has 0 spiro atoms. The van der Waals surface area contributed by atoms with Gasteiger partial charge < -0.3 is 10.1 Å². The average molecular weight is 460 g/mol. The molecule has 0 aliphatic heterocycles. The van der Waals surface area contributed by atoms with E-state index in [-0.39, 0.29) is 0 Å². The molecular weight excluding hydrogens is 441 g/mol. The van der Waals surface area contributed by atoms with Crippen LogP contribution in [-0.4, -0.2) is 6.61 Å². The van der Waals surface area contributed by atoms with Crippen molar-refractivity contribution in [2.24, 2.45) is 0 Å². The standard InChI is InChI=1S/C17H19BrINO/c1-3-8-21-17-7-5-14(18)9-13(17)11-20-15-6-4-12(2)16(19)10-15/h4-7,9-10,20H,3,8,11H2,1-2H3. The first kappa shape index (κ1) is 16.6. The Hall–Kier alpha value is -0.750. The van der Waals surface area contributed by atoms with E-state index >= 15 is 0 Å². The maximum Gasteiger partial charge on any atom is 0.124 e. The van der Waals surface area contributed by atoms with Gasteiger partial charge in [0, 0.05) is 25.8 Å². The van der Waals surface area contributed by atoms with Crippen LogP contribution in [0.5, 0.6) is 5.75 Å².